The summed E-state index contributed by atoms with van der Waals surface area (Å²) in [6.45, 7) is 13.5. The molecular weight excluding hydrogens is 601 g/mol. The Morgan fingerprint density at radius 3 is 2.84 bits per heavy atom. The van der Waals surface area contributed by atoms with Gasteiger partial charge in [0.25, 0.3) is 0 Å². The predicted octanol–water partition coefficient (Wildman–Crippen LogP) is 5.87. The van der Waals surface area contributed by atoms with Gasteiger partial charge in [-0.2, -0.15) is 9.97 Å². The molecule has 0 unspecified atom stereocenters. The highest BCUT2D eigenvalue weighted by molar-refractivity contribution is 7.17. The molecule has 0 radical (unpaired) electrons. The molecule has 3 aliphatic heterocycles. The van der Waals surface area contributed by atoms with Crippen LogP contribution in [0.15, 0.2) is 48.4 Å². The summed E-state index contributed by atoms with van der Waals surface area (Å²) in [6, 6.07) is 8.09. The Kier molecular flexibility index (Phi) is 7.61. The molecule has 3 atom stereocenters. The van der Waals surface area contributed by atoms with E-state index in [0.717, 1.165) is 19.4 Å². The number of rotatable bonds is 7. The molecule has 2 aromatic carbocycles. The van der Waals surface area contributed by atoms with Gasteiger partial charge in [0.05, 0.1) is 5.54 Å². The molecule has 4 aromatic rings. The van der Waals surface area contributed by atoms with E-state index in [1.165, 1.54) is 22.8 Å². The zero-order valence-corrected chi connectivity index (χ0v) is 25.3. The number of fused-ring (bicyclic) bond motifs is 3. The first-order valence-corrected chi connectivity index (χ1v) is 15.9. The van der Waals surface area contributed by atoms with Crippen molar-refractivity contribution in [1.82, 2.24) is 19.8 Å². The van der Waals surface area contributed by atoms with E-state index in [4.69, 9.17) is 16.3 Å². The van der Waals surface area contributed by atoms with E-state index in [2.05, 4.69) is 21.3 Å². The standard InChI is InChI=1S/C33H31F3N6O2S/c1-3-27(43)42-13-12-40(17-21(42)15-37-2)31-25-9-8-22(23-6-4-7-24-26(35)18-45-30(23)24)28(36)29(25)38-32(39-31)44-19-33-10-5-11-41(33)16-20(34)14-33/h3-4,6-9,18,20-21H,1,5,10-17,19H2/t20-,21+,33+/m1/s1. The van der Waals surface area contributed by atoms with E-state index in [1.807, 2.05) is 4.90 Å². The molecule has 0 saturated carbocycles. The summed E-state index contributed by atoms with van der Waals surface area (Å²) in [5.74, 6) is -0.773. The lowest BCUT2D eigenvalue weighted by molar-refractivity contribution is -0.128. The maximum atomic E-state index is 16.6. The molecule has 232 valence electrons. The Morgan fingerprint density at radius 2 is 2.02 bits per heavy atom. The monoisotopic (exact) mass is 632 g/mol. The van der Waals surface area contributed by atoms with E-state index in [0.29, 0.717) is 59.5 Å². The number of carbonyl (C=O) groups excluding carboxylic acids is 1. The third-order valence-corrected chi connectivity index (χ3v) is 10.4. The minimum absolute atomic E-state index is 0.0243. The molecule has 3 aliphatic rings. The third-order valence-electron chi connectivity index (χ3n) is 9.38. The van der Waals surface area contributed by atoms with Crippen LogP contribution in [0.4, 0.5) is 19.0 Å². The fourth-order valence-electron chi connectivity index (χ4n) is 7.24. The number of carbonyl (C=O) groups is 1. The largest absolute Gasteiger partial charge is 0.461 e. The molecule has 45 heavy (non-hydrogen) atoms. The second kappa shape index (κ2) is 11.6. The maximum Gasteiger partial charge on any atom is 0.319 e. The van der Waals surface area contributed by atoms with Crippen molar-refractivity contribution in [1.29, 1.82) is 0 Å². The summed E-state index contributed by atoms with van der Waals surface area (Å²) in [6.07, 6.45) is 2.42. The summed E-state index contributed by atoms with van der Waals surface area (Å²) < 4.78 is 52.3. The van der Waals surface area contributed by atoms with Crippen molar-refractivity contribution in [2.24, 2.45) is 0 Å². The van der Waals surface area contributed by atoms with Crippen LogP contribution in [0.5, 0.6) is 6.01 Å². The Bertz CT molecular complexity index is 1860. The van der Waals surface area contributed by atoms with Crippen LogP contribution in [0, 0.1) is 18.2 Å². The average molecular weight is 633 g/mol. The van der Waals surface area contributed by atoms with Gasteiger partial charge in [0, 0.05) is 64.6 Å². The number of alkyl halides is 1. The van der Waals surface area contributed by atoms with Crippen LogP contribution in [0.2, 0.25) is 0 Å². The molecule has 7 rings (SSSR count). The number of hydrogen-bond donors (Lipinski definition) is 0. The normalized spacial score (nSPS) is 23.4. The minimum atomic E-state index is -0.930. The molecule has 0 bridgehead atoms. The Morgan fingerprint density at radius 1 is 1.16 bits per heavy atom. The number of thiophene rings is 1. The highest BCUT2D eigenvalue weighted by Crippen LogP contribution is 2.42. The Balaban J connectivity index is 1.32. The fourth-order valence-corrected chi connectivity index (χ4v) is 8.19. The van der Waals surface area contributed by atoms with E-state index >= 15 is 4.39 Å². The van der Waals surface area contributed by atoms with E-state index in [1.54, 1.807) is 35.2 Å². The highest BCUT2D eigenvalue weighted by Gasteiger charge is 2.49. The van der Waals surface area contributed by atoms with Gasteiger partial charge in [-0.05, 0) is 31.5 Å². The van der Waals surface area contributed by atoms with Gasteiger partial charge in [-0.15, -0.1) is 11.3 Å². The van der Waals surface area contributed by atoms with Gasteiger partial charge in [-0.3, -0.25) is 9.69 Å². The van der Waals surface area contributed by atoms with Crippen LogP contribution in [0.1, 0.15) is 19.3 Å². The summed E-state index contributed by atoms with van der Waals surface area (Å²) in [5.41, 5.74) is 0.421. The number of amides is 1. The SMILES string of the molecule is [C-]#[N+]C[C@H]1CN(c2nc(OC[C@@]34CCCN3C[C@H](F)C4)nc3c(F)c(-c4cccc5c(F)csc45)ccc23)CCN1C(=O)C=C. The van der Waals surface area contributed by atoms with Gasteiger partial charge < -0.3 is 19.4 Å². The van der Waals surface area contributed by atoms with Crippen molar-refractivity contribution in [2.75, 3.05) is 50.8 Å². The van der Waals surface area contributed by atoms with Gasteiger partial charge in [-0.25, -0.2) is 19.7 Å². The molecule has 2 aromatic heterocycles. The van der Waals surface area contributed by atoms with Gasteiger partial charge in [0.1, 0.15) is 36.0 Å². The maximum absolute atomic E-state index is 16.6. The molecule has 3 saturated heterocycles. The average Bonchev–Trinajstić information content (AvgIpc) is 3.71. The highest BCUT2D eigenvalue weighted by atomic mass is 32.1. The quantitative estimate of drug-likeness (QED) is 0.188. The number of ether oxygens (including phenoxy) is 1. The molecular formula is C33H31F3N6O2S. The summed E-state index contributed by atoms with van der Waals surface area (Å²) >= 11 is 1.21. The number of anilines is 1. The predicted molar refractivity (Wildman–Crippen MR) is 168 cm³/mol. The van der Waals surface area contributed by atoms with Gasteiger partial charge in [0.2, 0.25) is 12.5 Å². The smallest absolute Gasteiger partial charge is 0.319 e. The first-order chi connectivity index (χ1) is 21.8. The molecule has 0 aliphatic carbocycles. The van der Waals surface area contributed by atoms with E-state index in [-0.39, 0.29) is 42.0 Å². The first kappa shape index (κ1) is 29.5. The molecule has 12 heteroatoms. The van der Waals surface area contributed by atoms with Crippen molar-refractivity contribution < 1.29 is 22.7 Å². The van der Waals surface area contributed by atoms with Crippen LogP contribution in [0.3, 0.4) is 0 Å². The number of halogens is 3. The summed E-state index contributed by atoms with van der Waals surface area (Å²) in [4.78, 5) is 31.1. The van der Waals surface area contributed by atoms with E-state index in [9.17, 15) is 13.6 Å². The second-order valence-corrected chi connectivity index (χ2v) is 12.8. The summed E-state index contributed by atoms with van der Waals surface area (Å²) in [5, 5.41) is 2.28. The molecule has 0 N–H and O–H groups in total. The first-order valence-electron chi connectivity index (χ1n) is 15.0. The van der Waals surface area contributed by atoms with Crippen molar-refractivity contribution in [2.45, 2.75) is 37.0 Å². The number of nitrogens with zero attached hydrogens (tertiary/aromatic N) is 6. The van der Waals surface area contributed by atoms with Crippen LogP contribution in [-0.4, -0.2) is 89.3 Å². The van der Waals surface area contributed by atoms with Crippen molar-refractivity contribution >= 4 is 44.1 Å². The molecule has 1 amide bonds. The number of piperazine rings is 1. The van der Waals surface area contributed by atoms with Crippen molar-refractivity contribution in [3.05, 3.63) is 71.4 Å². The second-order valence-electron chi connectivity index (χ2n) is 12.0. The molecule has 5 heterocycles. The summed E-state index contributed by atoms with van der Waals surface area (Å²) in [7, 11) is 0. The number of benzene rings is 2. The van der Waals surface area contributed by atoms with Crippen LogP contribution >= 0.6 is 11.3 Å². The molecule has 0 spiro atoms. The molecule has 3 fully saturated rings. The van der Waals surface area contributed by atoms with Crippen molar-refractivity contribution in [3.63, 3.8) is 0 Å². The Hall–Kier alpha value is -4.21. The van der Waals surface area contributed by atoms with Gasteiger partial charge in [0.15, 0.2) is 5.82 Å². The van der Waals surface area contributed by atoms with E-state index < -0.39 is 23.6 Å². The van der Waals surface area contributed by atoms with Gasteiger partial charge >= 0.3 is 6.01 Å². The van der Waals surface area contributed by atoms with Gasteiger partial charge in [-0.1, -0.05) is 30.8 Å². The third kappa shape index (κ3) is 5.08. The van der Waals surface area contributed by atoms with Crippen LogP contribution < -0.4 is 9.64 Å². The zero-order chi connectivity index (χ0) is 31.3. The molecule has 8 nitrogen and oxygen atoms in total. The van der Waals surface area contributed by atoms with Crippen LogP contribution in [0.25, 0.3) is 37.0 Å². The number of aromatic nitrogens is 2. The van der Waals surface area contributed by atoms with Crippen LogP contribution in [-0.2, 0) is 4.79 Å². The number of hydrogen-bond acceptors (Lipinski definition) is 7. The Labute approximate surface area is 262 Å². The lowest BCUT2D eigenvalue weighted by Crippen LogP contribution is -2.56. The topological polar surface area (TPSA) is 66.2 Å². The van der Waals surface area contributed by atoms with Crippen molar-refractivity contribution in [3.8, 4) is 17.1 Å². The minimum Gasteiger partial charge on any atom is -0.461 e. The lowest BCUT2D eigenvalue weighted by atomic mass is 9.95. The lowest BCUT2D eigenvalue weighted by Gasteiger charge is -2.39. The zero-order valence-electron chi connectivity index (χ0n) is 24.5. The fraction of sp³-hybridized carbons (Fsp3) is 0.394.